The van der Waals surface area contributed by atoms with Gasteiger partial charge >= 0.3 is 0 Å². The van der Waals surface area contributed by atoms with Gasteiger partial charge in [0.1, 0.15) is 12.1 Å². The van der Waals surface area contributed by atoms with Crippen LogP contribution in [-0.2, 0) is 0 Å². The van der Waals surface area contributed by atoms with Gasteiger partial charge in [-0.05, 0) is 18.2 Å². The van der Waals surface area contributed by atoms with Crippen molar-refractivity contribution in [3.05, 3.63) is 40.4 Å². The molecule has 5 nitrogen and oxygen atoms in total. The van der Waals surface area contributed by atoms with Crippen LogP contribution in [0.4, 0.5) is 4.39 Å². The van der Waals surface area contributed by atoms with Crippen molar-refractivity contribution in [3.63, 3.8) is 0 Å². The number of hydrogen-bond donors (Lipinski definition) is 1. The van der Waals surface area contributed by atoms with Crippen molar-refractivity contribution in [1.82, 2.24) is 9.88 Å². The van der Waals surface area contributed by atoms with Crippen LogP contribution >= 0.6 is 15.9 Å². The second-order valence-corrected chi connectivity index (χ2v) is 5.03. The Balaban J connectivity index is 2.27. The van der Waals surface area contributed by atoms with Gasteiger partial charge in [0.2, 0.25) is 5.89 Å². The molecule has 1 amide bonds. The number of halogens is 2. The number of amides is 1. The van der Waals surface area contributed by atoms with Crippen LogP contribution in [0.3, 0.4) is 0 Å². The van der Waals surface area contributed by atoms with Crippen LogP contribution in [-0.4, -0.2) is 41.1 Å². The lowest BCUT2D eigenvalue weighted by Crippen LogP contribution is -2.29. The maximum absolute atomic E-state index is 13.8. The number of aliphatic hydroxyl groups is 1. The zero-order valence-electron chi connectivity index (χ0n) is 10.6. The summed E-state index contributed by atoms with van der Waals surface area (Å²) < 4.78 is 19.5. The molecule has 0 aliphatic heterocycles. The quantitative estimate of drug-likeness (QED) is 0.925. The molecule has 1 heterocycles. The summed E-state index contributed by atoms with van der Waals surface area (Å²) in [5.41, 5.74) is 0.246. The van der Waals surface area contributed by atoms with E-state index in [1.54, 1.807) is 6.07 Å². The van der Waals surface area contributed by atoms with Gasteiger partial charge in [-0.15, -0.1) is 0 Å². The summed E-state index contributed by atoms with van der Waals surface area (Å²) >= 11 is 3.16. The van der Waals surface area contributed by atoms with Gasteiger partial charge in [0.05, 0.1) is 12.2 Å². The zero-order chi connectivity index (χ0) is 14.7. The minimum absolute atomic E-state index is 0.0377. The molecule has 0 aliphatic rings. The summed E-state index contributed by atoms with van der Waals surface area (Å²) in [6.07, 6.45) is 1.17. The van der Waals surface area contributed by atoms with Crippen LogP contribution in [0.5, 0.6) is 0 Å². The molecule has 0 radical (unpaired) electrons. The fourth-order valence-corrected chi connectivity index (χ4v) is 1.94. The van der Waals surface area contributed by atoms with Gasteiger partial charge in [-0.1, -0.05) is 15.9 Å². The van der Waals surface area contributed by atoms with Gasteiger partial charge < -0.3 is 14.4 Å². The van der Waals surface area contributed by atoms with Crippen LogP contribution in [0, 0.1) is 5.82 Å². The first-order valence-corrected chi connectivity index (χ1v) is 6.59. The molecule has 0 saturated carbocycles. The Bertz CT molecular complexity index is 630. The van der Waals surface area contributed by atoms with Gasteiger partial charge in [-0.3, -0.25) is 4.79 Å². The summed E-state index contributed by atoms with van der Waals surface area (Å²) in [5, 5.41) is 8.79. The molecule has 0 spiro atoms. The first kappa shape index (κ1) is 14.7. The van der Waals surface area contributed by atoms with Crippen LogP contribution in [0.1, 0.15) is 10.5 Å². The van der Waals surface area contributed by atoms with Crippen LogP contribution < -0.4 is 0 Å². The molecular weight excluding hydrogens is 331 g/mol. The van der Waals surface area contributed by atoms with Crippen LogP contribution in [0.15, 0.2) is 33.4 Å². The van der Waals surface area contributed by atoms with E-state index in [-0.39, 0.29) is 30.3 Å². The highest BCUT2D eigenvalue weighted by atomic mass is 79.9. The first-order chi connectivity index (χ1) is 9.52. The number of rotatable bonds is 4. The number of oxazole rings is 1. The van der Waals surface area contributed by atoms with Crippen molar-refractivity contribution in [2.75, 3.05) is 20.2 Å². The smallest absolute Gasteiger partial charge is 0.275 e. The number of carbonyl (C=O) groups excluding carboxylic acids is 1. The van der Waals surface area contributed by atoms with Gasteiger partial charge in [0.15, 0.2) is 5.69 Å². The topological polar surface area (TPSA) is 66.6 Å². The fourth-order valence-electron chi connectivity index (χ4n) is 1.61. The van der Waals surface area contributed by atoms with E-state index in [2.05, 4.69) is 20.9 Å². The summed E-state index contributed by atoms with van der Waals surface area (Å²) in [7, 11) is 1.53. The molecular formula is C13H12BrFN2O3. The van der Waals surface area contributed by atoms with E-state index in [1.165, 1.54) is 30.3 Å². The maximum atomic E-state index is 13.8. The molecule has 0 fully saturated rings. The average molecular weight is 343 g/mol. The second-order valence-electron chi connectivity index (χ2n) is 4.11. The number of likely N-dealkylation sites (N-methyl/N-ethyl adjacent to an activating group) is 1. The molecule has 0 saturated heterocycles. The van der Waals surface area contributed by atoms with E-state index in [9.17, 15) is 9.18 Å². The molecule has 0 aliphatic carbocycles. The summed E-state index contributed by atoms with van der Waals surface area (Å²) in [4.78, 5) is 17.2. The molecule has 106 valence electrons. The third-order valence-corrected chi connectivity index (χ3v) is 3.16. The lowest BCUT2D eigenvalue weighted by molar-refractivity contribution is 0.0761. The van der Waals surface area contributed by atoms with Crippen molar-refractivity contribution in [1.29, 1.82) is 0 Å². The fraction of sp³-hybridized carbons (Fsp3) is 0.231. The Kier molecular flexibility index (Phi) is 4.51. The Morgan fingerprint density at radius 2 is 2.30 bits per heavy atom. The Labute approximate surface area is 123 Å². The first-order valence-electron chi connectivity index (χ1n) is 5.80. The third kappa shape index (κ3) is 3.05. The Morgan fingerprint density at radius 1 is 1.55 bits per heavy atom. The summed E-state index contributed by atoms with van der Waals surface area (Å²) in [5.74, 6) is -0.855. The molecule has 2 rings (SSSR count). The highest BCUT2D eigenvalue weighted by Gasteiger charge is 2.18. The average Bonchev–Trinajstić information content (AvgIpc) is 2.87. The Hall–Kier alpha value is -1.73. The van der Waals surface area contributed by atoms with Gasteiger partial charge in [-0.25, -0.2) is 9.37 Å². The minimum Gasteiger partial charge on any atom is -0.444 e. The molecule has 1 aromatic carbocycles. The summed E-state index contributed by atoms with van der Waals surface area (Å²) in [6.45, 7) is 0.0436. The standard InChI is InChI=1S/C13H12BrFN2O3/c1-17(4-5-18)13(19)11-7-20-12(16-11)9-3-2-8(14)6-10(9)15/h2-3,6-7,18H,4-5H2,1H3. The molecule has 1 N–H and O–H groups in total. The second kappa shape index (κ2) is 6.15. The van der Waals surface area contributed by atoms with Gasteiger partial charge in [0, 0.05) is 18.1 Å². The Morgan fingerprint density at radius 3 is 2.95 bits per heavy atom. The maximum Gasteiger partial charge on any atom is 0.275 e. The van der Waals surface area contributed by atoms with Gasteiger partial charge in [-0.2, -0.15) is 0 Å². The van der Waals surface area contributed by atoms with E-state index in [4.69, 9.17) is 9.52 Å². The van der Waals surface area contributed by atoms with Crippen molar-refractivity contribution in [2.24, 2.45) is 0 Å². The molecule has 0 bridgehead atoms. The lowest BCUT2D eigenvalue weighted by atomic mass is 10.2. The predicted octanol–water partition coefficient (Wildman–Crippen LogP) is 2.31. The zero-order valence-corrected chi connectivity index (χ0v) is 12.2. The molecule has 0 atom stereocenters. The molecule has 2 aromatic rings. The van der Waals surface area contributed by atoms with E-state index in [0.29, 0.717) is 4.47 Å². The van der Waals surface area contributed by atoms with Crippen molar-refractivity contribution < 1.29 is 18.7 Å². The minimum atomic E-state index is -0.496. The third-order valence-electron chi connectivity index (χ3n) is 2.67. The largest absolute Gasteiger partial charge is 0.444 e. The monoisotopic (exact) mass is 342 g/mol. The predicted molar refractivity (Wildman–Crippen MR) is 73.6 cm³/mol. The van der Waals surface area contributed by atoms with E-state index in [0.717, 1.165) is 0 Å². The van der Waals surface area contributed by atoms with E-state index < -0.39 is 11.7 Å². The molecule has 0 unspecified atom stereocenters. The highest BCUT2D eigenvalue weighted by Crippen LogP contribution is 2.25. The SMILES string of the molecule is CN(CCO)C(=O)c1coc(-c2ccc(Br)cc2F)n1. The highest BCUT2D eigenvalue weighted by molar-refractivity contribution is 9.10. The number of hydrogen-bond acceptors (Lipinski definition) is 4. The molecule has 20 heavy (non-hydrogen) atoms. The van der Waals surface area contributed by atoms with Crippen LogP contribution in [0.25, 0.3) is 11.5 Å². The number of aliphatic hydroxyl groups excluding tert-OH is 1. The van der Waals surface area contributed by atoms with E-state index >= 15 is 0 Å². The number of carbonyl (C=O) groups is 1. The number of aromatic nitrogens is 1. The van der Waals surface area contributed by atoms with Crippen LogP contribution in [0.2, 0.25) is 0 Å². The summed E-state index contributed by atoms with van der Waals surface area (Å²) in [6, 6.07) is 4.46. The van der Waals surface area contributed by atoms with Crippen molar-refractivity contribution in [3.8, 4) is 11.5 Å². The van der Waals surface area contributed by atoms with E-state index in [1.807, 2.05) is 0 Å². The van der Waals surface area contributed by atoms with Crippen molar-refractivity contribution >= 4 is 21.8 Å². The lowest BCUT2D eigenvalue weighted by Gasteiger charge is -2.12. The molecule has 1 aromatic heterocycles. The number of nitrogens with zero attached hydrogens (tertiary/aromatic N) is 2. The van der Waals surface area contributed by atoms with Gasteiger partial charge in [0.25, 0.3) is 5.91 Å². The van der Waals surface area contributed by atoms with Crippen molar-refractivity contribution in [2.45, 2.75) is 0 Å². The number of benzene rings is 1. The normalized spacial score (nSPS) is 10.6. The molecule has 7 heteroatoms.